The Bertz CT molecular complexity index is 806. The standard InChI is InChI=1S/C21H22O8/c1-14(22)27-13-18(29-21(26)16-10-6-3-7-11-16)19(24)17(23)12-28-20(25)15-8-4-2-5-9-15/h2-11,17-19,23-24H,12-13H2,1H3/t17-,18+,19-/m1/s1. The minimum Gasteiger partial charge on any atom is -0.462 e. The Morgan fingerprint density at radius 2 is 1.31 bits per heavy atom. The third-order valence-corrected chi connectivity index (χ3v) is 3.89. The van der Waals surface area contributed by atoms with E-state index < -0.39 is 49.4 Å². The first kappa shape index (κ1) is 22.1. The second-order valence-corrected chi connectivity index (χ2v) is 6.13. The van der Waals surface area contributed by atoms with E-state index in [2.05, 4.69) is 0 Å². The van der Waals surface area contributed by atoms with Gasteiger partial charge >= 0.3 is 17.9 Å². The second kappa shape index (κ2) is 10.9. The van der Waals surface area contributed by atoms with Gasteiger partial charge in [0.2, 0.25) is 0 Å². The van der Waals surface area contributed by atoms with Gasteiger partial charge in [-0.2, -0.15) is 0 Å². The molecule has 0 unspecified atom stereocenters. The molecular weight excluding hydrogens is 380 g/mol. The van der Waals surface area contributed by atoms with Gasteiger partial charge < -0.3 is 24.4 Å². The number of benzene rings is 2. The molecular formula is C21H22O8. The summed E-state index contributed by atoms with van der Waals surface area (Å²) in [7, 11) is 0. The largest absolute Gasteiger partial charge is 0.462 e. The molecule has 0 radical (unpaired) electrons. The van der Waals surface area contributed by atoms with Crippen LogP contribution in [-0.4, -0.2) is 59.6 Å². The summed E-state index contributed by atoms with van der Waals surface area (Å²) in [6.45, 7) is 0.133. The predicted octanol–water partition coefficient (Wildman–Crippen LogP) is 1.35. The molecule has 2 rings (SSSR count). The Morgan fingerprint density at radius 1 is 0.793 bits per heavy atom. The van der Waals surface area contributed by atoms with Crippen LogP contribution in [0.25, 0.3) is 0 Å². The average Bonchev–Trinajstić information content (AvgIpc) is 2.75. The van der Waals surface area contributed by atoms with Gasteiger partial charge in [-0.25, -0.2) is 9.59 Å². The summed E-state index contributed by atoms with van der Waals surface area (Å²) in [5.74, 6) is -2.10. The molecule has 0 heterocycles. The molecule has 0 saturated carbocycles. The van der Waals surface area contributed by atoms with E-state index in [1.165, 1.54) is 24.3 Å². The van der Waals surface area contributed by atoms with Crippen molar-refractivity contribution in [1.82, 2.24) is 0 Å². The van der Waals surface area contributed by atoms with Gasteiger partial charge in [0.15, 0.2) is 6.10 Å². The maximum absolute atomic E-state index is 12.2. The molecule has 2 aromatic rings. The Balaban J connectivity index is 1.99. The van der Waals surface area contributed by atoms with Gasteiger partial charge in [-0.05, 0) is 24.3 Å². The Hall–Kier alpha value is -3.23. The Morgan fingerprint density at radius 3 is 1.83 bits per heavy atom. The van der Waals surface area contributed by atoms with Crippen molar-refractivity contribution in [3.05, 3.63) is 71.8 Å². The van der Waals surface area contributed by atoms with Crippen LogP contribution >= 0.6 is 0 Å². The van der Waals surface area contributed by atoms with Gasteiger partial charge in [0.25, 0.3) is 0 Å². The van der Waals surface area contributed by atoms with Crippen LogP contribution in [0.3, 0.4) is 0 Å². The first-order valence-corrected chi connectivity index (χ1v) is 8.86. The number of esters is 3. The molecule has 0 amide bonds. The highest BCUT2D eigenvalue weighted by Gasteiger charge is 2.32. The minimum absolute atomic E-state index is 0.220. The molecule has 0 bridgehead atoms. The molecule has 0 fully saturated rings. The van der Waals surface area contributed by atoms with Crippen molar-refractivity contribution in [1.29, 1.82) is 0 Å². The van der Waals surface area contributed by atoms with Crippen molar-refractivity contribution >= 4 is 17.9 Å². The lowest BCUT2D eigenvalue weighted by molar-refractivity contribution is -0.150. The highest BCUT2D eigenvalue weighted by atomic mass is 16.6. The molecule has 29 heavy (non-hydrogen) atoms. The van der Waals surface area contributed by atoms with E-state index in [0.29, 0.717) is 0 Å². The fourth-order valence-electron chi connectivity index (χ4n) is 2.35. The van der Waals surface area contributed by atoms with Crippen LogP contribution in [0, 0.1) is 0 Å². The smallest absolute Gasteiger partial charge is 0.338 e. The number of aliphatic hydroxyl groups excluding tert-OH is 2. The van der Waals surface area contributed by atoms with Crippen molar-refractivity contribution < 1.29 is 38.8 Å². The summed E-state index contributed by atoms with van der Waals surface area (Å²) < 4.78 is 15.0. The van der Waals surface area contributed by atoms with E-state index in [4.69, 9.17) is 14.2 Å². The van der Waals surface area contributed by atoms with Crippen molar-refractivity contribution in [2.75, 3.05) is 13.2 Å². The van der Waals surface area contributed by atoms with Gasteiger partial charge in [0, 0.05) is 6.92 Å². The van der Waals surface area contributed by atoms with Gasteiger partial charge in [-0.3, -0.25) is 4.79 Å². The molecule has 0 aliphatic heterocycles. The maximum atomic E-state index is 12.2. The van der Waals surface area contributed by atoms with Gasteiger partial charge in [-0.15, -0.1) is 0 Å². The first-order valence-electron chi connectivity index (χ1n) is 8.86. The number of hydrogen-bond acceptors (Lipinski definition) is 8. The maximum Gasteiger partial charge on any atom is 0.338 e. The molecule has 0 aromatic heterocycles. The summed E-state index contributed by atoms with van der Waals surface area (Å²) in [5, 5.41) is 20.5. The molecule has 154 valence electrons. The number of ether oxygens (including phenoxy) is 3. The molecule has 0 aliphatic rings. The van der Waals surface area contributed by atoms with E-state index in [-0.39, 0.29) is 11.1 Å². The van der Waals surface area contributed by atoms with Gasteiger partial charge in [-0.1, -0.05) is 36.4 Å². The molecule has 0 saturated heterocycles. The number of aliphatic hydroxyl groups is 2. The van der Waals surface area contributed by atoms with Crippen LogP contribution in [0.2, 0.25) is 0 Å². The van der Waals surface area contributed by atoms with Crippen LogP contribution in [0.15, 0.2) is 60.7 Å². The molecule has 8 heteroatoms. The fourth-order valence-corrected chi connectivity index (χ4v) is 2.35. The Kier molecular flexibility index (Phi) is 8.32. The van der Waals surface area contributed by atoms with Crippen molar-refractivity contribution in [3.63, 3.8) is 0 Å². The van der Waals surface area contributed by atoms with Crippen LogP contribution in [0.1, 0.15) is 27.6 Å². The highest BCUT2D eigenvalue weighted by molar-refractivity contribution is 5.89. The average molecular weight is 402 g/mol. The molecule has 8 nitrogen and oxygen atoms in total. The van der Waals surface area contributed by atoms with E-state index in [0.717, 1.165) is 6.92 Å². The topological polar surface area (TPSA) is 119 Å². The van der Waals surface area contributed by atoms with E-state index in [1.54, 1.807) is 36.4 Å². The quantitative estimate of drug-likeness (QED) is 0.477. The van der Waals surface area contributed by atoms with Crippen LogP contribution in [0.5, 0.6) is 0 Å². The summed E-state index contributed by atoms with van der Waals surface area (Å²) in [6, 6.07) is 16.1. The van der Waals surface area contributed by atoms with Crippen LogP contribution in [0.4, 0.5) is 0 Å². The molecule has 0 spiro atoms. The lowest BCUT2D eigenvalue weighted by atomic mass is 10.1. The molecule has 2 aromatic carbocycles. The highest BCUT2D eigenvalue weighted by Crippen LogP contribution is 2.12. The third kappa shape index (κ3) is 7.02. The zero-order chi connectivity index (χ0) is 21.2. The summed E-state index contributed by atoms with van der Waals surface area (Å²) in [6.07, 6.45) is -4.60. The van der Waals surface area contributed by atoms with Crippen molar-refractivity contribution in [2.45, 2.75) is 25.2 Å². The normalized spacial score (nSPS) is 13.6. The predicted molar refractivity (Wildman–Crippen MR) is 101 cm³/mol. The zero-order valence-corrected chi connectivity index (χ0v) is 15.8. The van der Waals surface area contributed by atoms with Gasteiger partial charge in [0.1, 0.15) is 25.4 Å². The summed E-state index contributed by atoms with van der Waals surface area (Å²) in [4.78, 5) is 35.3. The monoisotopic (exact) mass is 402 g/mol. The zero-order valence-electron chi connectivity index (χ0n) is 15.8. The number of carbonyl (C=O) groups excluding carboxylic acids is 3. The van der Waals surface area contributed by atoms with E-state index in [1.807, 2.05) is 0 Å². The van der Waals surface area contributed by atoms with Crippen LogP contribution < -0.4 is 0 Å². The lowest BCUT2D eigenvalue weighted by Crippen LogP contribution is -2.45. The van der Waals surface area contributed by atoms with Crippen molar-refractivity contribution in [2.24, 2.45) is 0 Å². The molecule has 0 aliphatic carbocycles. The number of rotatable bonds is 9. The first-order chi connectivity index (χ1) is 13.9. The summed E-state index contributed by atoms with van der Waals surface area (Å²) >= 11 is 0. The van der Waals surface area contributed by atoms with Crippen LogP contribution in [-0.2, 0) is 19.0 Å². The molecule has 2 N–H and O–H groups in total. The SMILES string of the molecule is CC(=O)OC[C@H](OC(=O)c1ccccc1)[C@H](O)[C@H](O)COC(=O)c1ccccc1. The lowest BCUT2D eigenvalue weighted by Gasteiger charge is -2.26. The minimum atomic E-state index is -1.66. The van der Waals surface area contributed by atoms with Gasteiger partial charge in [0.05, 0.1) is 11.1 Å². The Labute approximate surface area is 167 Å². The third-order valence-electron chi connectivity index (χ3n) is 3.89. The molecule has 3 atom stereocenters. The van der Waals surface area contributed by atoms with Crippen molar-refractivity contribution in [3.8, 4) is 0 Å². The summed E-state index contributed by atoms with van der Waals surface area (Å²) in [5.41, 5.74) is 0.499. The fraction of sp³-hybridized carbons (Fsp3) is 0.286. The number of hydrogen-bond donors (Lipinski definition) is 2. The second-order valence-electron chi connectivity index (χ2n) is 6.13. The van der Waals surface area contributed by atoms with E-state index >= 15 is 0 Å². The van der Waals surface area contributed by atoms with E-state index in [9.17, 15) is 24.6 Å². The number of carbonyl (C=O) groups is 3.